The summed E-state index contributed by atoms with van der Waals surface area (Å²) in [6.45, 7) is 2.55. The molecule has 22 heavy (non-hydrogen) atoms. The molecule has 0 heterocycles. The Kier molecular flexibility index (Phi) is 5.36. The van der Waals surface area contributed by atoms with Crippen LogP contribution in [0.15, 0.2) is 42.5 Å². The van der Waals surface area contributed by atoms with E-state index in [0.29, 0.717) is 23.7 Å². The van der Waals surface area contributed by atoms with Crippen molar-refractivity contribution < 1.29 is 23.8 Å². The first-order chi connectivity index (χ1) is 10.6. The Morgan fingerprint density at radius 2 is 2.00 bits per heavy atom. The topological polar surface area (TPSA) is 55.8 Å². The largest absolute Gasteiger partial charge is 0.493 e. The smallest absolute Gasteiger partial charge is 0.339 e. The maximum absolute atomic E-state index is 13.1. The summed E-state index contributed by atoms with van der Waals surface area (Å²) in [7, 11) is 0. The van der Waals surface area contributed by atoms with E-state index in [4.69, 9.17) is 9.47 Å². The van der Waals surface area contributed by atoms with Gasteiger partial charge in [-0.05, 0) is 42.3 Å². The Morgan fingerprint density at radius 3 is 2.68 bits per heavy atom. The molecule has 0 aliphatic rings. The van der Waals surface area contributed by atoms with Crippen molar-refractivity contribution in [2.45, 2.75) is 20.0 Å². The van der Waals surface area contributed by atoms with Crippen molar-refractivity contribution in [3.05, 3.63) is 59.4 Å². The summed E-state index contributed by atoms with van der Waals surface area (Å²) in [6.07, 6.45) is 0.789. The van der Waals surface area contributed by atoms with E-state index in [1.807, 2.05) is 6.92 Å². The Hall–Kier alpha value is -2.56. The summed E-state index contributed by atoms with van der Waals surface area (Å²) in [5, 5.41) is 9.23. The number of carbonyl (C=O) groups is 1. The summed E-state index contributed by atoms with van der Waals surface area (Å²) in [5.41, 5.74) is 0.716. The molecule has 0 atom stereocenters. The van der Waals surface area contributed by atoms with E-state index in [1.54, 1.807) is 24.3 Å². The first kappa shape index (κ1) is 15.8. The number of ether oxygens (including phenoxy) is 2. The third kappa shape index (κ3) is 4.22. The number of hydrogen-bond donors (Lipinski definition) is 1. The van der Waals surface area contributed by atoms with Gasteiger partial charge in [0.1, 0.15) is 29.5 Å². The molecule has 0 aliphatic carbocycles. The fourth-order valence-corrected chi connectivity index (χ4v) is 1.90. The molecular formula is C17H17FO4. The molecule has 0 aliphatic heterocycles. The minimum absolute atomic E-state index is 0.0465. The van der Waals surface area contributed by atoms with Gasteiger partial charge in [0, 0.05) is 0 Å². The molecule has 0 amide bonds. The maximum Gasteiger partial charge on any atom is 0.339 e. The van der Waals surface area contributed by atoms with E-state index in [1.165, 1.54) is 18.2 Å². The third-order valence-electron chi connectivity index (χ3n) is 2.94. The fraction of sp³-hybridized carbons (Fsp3) is 0.235. The number of halogens is 1. The van der Waals surface area contributed by atoms with Crippen LogP contribution in [0.4, 0.5) is 4.39 Å². The number of benzene rings is 2. The van der Waals surface area contributed by atoms with Crippen LogP contribution < -0.4 is 9.47 Å². The maximum atomic E-state index is 13.1. The second-order valence-electron chi connectivity index (χ2n) is 4.73. The molecule has 4 nitrogen and oxygen atoms in total. The molecule has 0 bridgehead atoms. The quantitative estimate of drug-likeness (QED) is 0.843. The van der Waals surface area contributed by atoms with Crippen LogP contribution in [0.25, 0.3) is 0 Å². The summed E-state index contributed by atoms with van der Waals surface area (Å²) in [5.74, 6) is -0.712. The highest BCUT2D eigenvalue weighted by Crippen LogP contribution is 2.25. The van der Waals surface area contributed by atoms with Gasteiger partial charge in [-0.2, -0.15) is 0 Å². The molecule has 1 N–H and O–H groups in total. The van der Waals surface area contributed by atoms with Crippen molar-refractivity contribution >= 4 is 5.97 Å². The van der Waals surface area contributed by atoms with Crippen LogP contribution in [0.2, 0.25) is 0 Å². The second-order valence-corrected chi connectivity index (χ2v) is 4.73. The lowest BCUT2D eigenvalue weighted by atomic mass is 10.2. The van der Waals surface area contributed by atoms with Gasteiger partial charge in [0.2, 0.25) is 0 Å². The highest BCUT2D eigenvalue weighted by Gasteiger charge is 2.13. The van der Waals surface area contributed by atoms with Gasteiger partial charge >= 0.3 is 5.97 Å². The molecule has 0 spiro atoms. The van der Waals surface area contributed by atoms with Crippen LogP contribution in [0.1, 0.15) is 29.3 Å². The molecule has 5 heteroatoms. The average Bonchev–Trinajstić information content (AvgIpc) is 2.51. The van der Waals surface area contributed by atoms with Crippen LogP contribution in [-0.4, -0.2) is 17.7 Å². The van der Waals surface area contributed by atoms with Crippen molar-refractivity contribution in [1.82, 2.24) is 0 Å². The first-order valence-electron chi connectivity index (χ1n) is 6.97. The average molecular weight is 304 g/mol. The molecule has 0 saturated carbocycles. The fourth-order valence-electron chi connectivity index (χ4n) is 1.90. The molecule has 116 valence electrons. The lowest BCUT2D eigenvalue weighted by Gasteiger charge is -2.11. The lowest BCUT2D eigenvalue weighted by molar-refractivity contribution is 0.0691. The molecule has 2 rings (SSSR count). The monoisotopic (exact) mass is 304 g/mol. The molecule has 0 unspecified atom stereocenters. The third-order valence-corrected chi connectivity index (χ3v) is 2.94. The summed E-state index contributed by atoms with van der Waals surface area (Å²) < 4.78 is 24.0. The minimum atomic E-state index is -1.08. The Morgan fingerprint density at radius 1 is 1.18 bits per heavy atom. The van der Waals surface area contributed by atoms with E-state index in [9.17, 15) is 14.3 Å². The van der Waals surface area contributed by atoms with E-state index < -0.39 is 5.97 Å². The zero-order valence-electron chi connectivity index (χ0n) is 12.2. The number of rotatable bonds is 7. The Bertz CT molecular complexity index is 655. The Balaban J connectivity index is 2.11. The van der Waals surface area contributed by atoms with Gasteiger partial charge in [-0.1, -0.05) is 19.1 Å². The predicted octanol–water partition coefficient (Wildman–Crippen LogP) is 3.89. The predicted molar refractivity (Wildman–Crippen MR) is 79.9 cm³/mol. The summed E-state index contributed by atoms with van der Waals surface area (Å²) in [4.78, 5) is 11.3. The van der Waals surface area contributed by atoms with Gasteiger partial charge in [0.25, 0.3) is 0 Å². The van der Waals surface area contributed by atoms with Gasteiger partial charge in [0.05, 0.1) is 6.61 Å². The molecule has 0 radical (unpaired) electrons. The van der Waals surface area contributed by atoms with Crippen molar-refractivity contribution in [2.24, 2.45) is 0 Å². The van der Waals surface area contributed by atoms with Crippen molar-refractivity contribution in [2.75, 3.05) is 6.61 Å². The van der Waals surface area contributed by atoms with Crippen molar-refractivity contribution in [3.8, 4) is 11.5 Å². The van der Waals surface area contributed by atoms with E-state index in [0.717, 1.165) is 6.42 Å². The molecule has 0 fully saturated rings. The molecular weight excluding hydrogens is 287 g/mol. The normalized spacial score (nSPS) is 10.3. The molecule has 2 aromatic rings. The van der Waals surface area contributed by atoms with Crippen LogP contribution in [-0.2, 0) is 6.61 Å². The first-order valence-corrected chi connectivity index (χ1v) is 6.97. The van der Waals surface area contributed by atoms with E-state index in [-0.39, 0.29) is 18.0 Å². The van der Waals surface area contributed by atoms with Gasteiger partial charge in [-0.15, -0.1) is 0 Å². The van der Waals surface area contributed by atoms with Gasteiger partial charge in [-0.25, -0.2) is 9.18 Å². The highest BCUT2D eigenvalue weighted by molar-refractivity contribution is 5.91. The van der Waals surface area contributed by atoms with E-state index >= 15 is 0 Å². The van der Waals surface area contributed by atoms with Gasteiger partial charge in [-0.3, -0.25) is 0 Å². The van der Waals surface area contributed by atoms with Gasteiger partial charge in [0.15, 0.2) is 0 Å². The second kappa shape index (κ2) is 7.45. The van der Waals surface area contributed by atoms with Crippen LogP contribution in [0.5, 0.6) is 11.5 Å². The van der Waals surface area contributed by atoms with Crippen molar-refractivity contribution in [1.29, 1.82) is 0 Å². The minimum Gasteiger partial charge on any atom is -0.493 e. The molecule has 0 saturated heterocycles. The highest BCUT2D eigenvalue weighted by atomic mass is 19.1. The number of hydrogen-bond acceptors (Lipinski definition) is 3. The van der Waals surface area contributed by atoms with Crippen molar-refractivity contribution in [3.63, 3.8) is 0 Å². The van der Waals surface area contributed by atoms with Gasteiger partial charge < -0.3 is 14.6 Å². The standard InChI is InChI=1S/C17H17FO4/c1-2-8-21-16-7-6-14(10-15(16)17(19)20)22-11-12-4-3-5-13(18)9-12/h3-7,9-10H,2,8,11H2,1H3,(H,19,20). The SMILES string of the molecule is CCCOc1ccc(OCc2cccc(F)c2)cc1C(=O)O. The summed E-state index contributed by atoms with van der Waals surface area (Å²) in [6, 6.07) is 10.7. The van der Waals surface area contributed by atoms with Crippen LogP contribution in [0.3, 0.4) is 0 Å². The molecule has 2 aromatic carbocycles. The zero-order chi connectivity index (χ0) is 15.9. The van der Waals surface area contributed by atoms with E-state index in [2.05, 4.69) is 0 Å². The lowest BCUT2D eigenvalue weighted by Crippen LogP contribution is -2.05. The number of carboxylic acids is 1. The summed E-state index contributed by atoms with van der Waals surface area (Å²) >= 11 is 0. The zero-order valence-corrected chi connectivity index (χ0v) is 12.2. The Labute approximate surface area is 128 Å². The number of carboxylic acid groups (broad SMARTS) is 1. The van der Waals surface area contributed by atoms with Crippen LogP contribution >= 0.6 is 0 Å². The number of aromatic carboxylic acids is 1. The molecule has 0 aromatic heterocycles. The van der Waals surface area contributed by atoms with Crippen LogP contribution in [0, 0.1) is 5.82 Å².